The van der Waals surface area contributed by atoms with E-state index in [9.17, 15) is 0 Å². The summed E-state index contributed by atoms with van der Waals surface area (Å²) in [6.45, 7) is 2.67. The molecule has 1 unspecified atom stereocenters. The van der Waals surface area contributed by atoms with Crippen molar-refractivity contribution in [1.82, 2.24) is 4.90 Å². The molecule has 0 bridgehead atoms. The molecule has 0 aromatic rings. The molecule has 1 atom stereocenters. The molecule has 84 valence electrons. The van der Waals surface area contributed by atoms with Gasteiger partial charge in [-0.3, -0.25) is 0 Å². The number of aliphatic hydroxyl groups is 2. The van der Waals surface area contributed by atoms with Crippen molar-refractivity contribution in [1.29, 1.82) is 0 Å². The van der Waals surface area contributed by atoms with Gasteiger partial charge in [-0.25, -0.2) is 0 Å². The van der Waals surface area contributed by atoms with E-state index in [1.54, 1.807) is 0 Å². The fraction of sp³-hybridized carbons (Fsp3) is 1.00. The number of aliphatic hydroxyl groups excluding tert-OH is 2. The van der Waals surface area contributed by atoms with Crippen LogP contribution in [-0.2, 0) is 9.47 Å². The Morgan fingerprint density at radius 3 is 2.43 bits per heavy atom. The van der Waals surface area contributed by atoms with E-state index in [0.717, 1.165) is 19.6 Å². The van der Waals surface area contributed by atoms with Gasteiger partial charge in [0.05, 0.1) is 12.7 Å². The lowest BCUT2D eigenvalue weighted by Gasteiger charge is -2.22. The van der Waals surface area contributed by atoms with E-state index in [0.29, 0.717) is 6.61 Å². The summed E-state index contributed by atoms with van der Waals surface area (Å²) in [6.07, 6.45) is 2.31. The van der Waals surface area contributed by atoms with Crippen LogP contribution in [0.2, 0.25) is 0 Å². The highest BCUT2D eigenvalue weighted by atomic mass is 16.6. The van der Waals surface area contributed by atoms with Crippen LogP contribution >= 0.6 is 0 Å². The predicted molar refractivity (Wildman–Crippen MR) is 50.7 cm³/mol. The second-order valence-corrected chi connectivity index (χ2v) is 3.43. The Morgan fingerprint density at radius 2 is 1.86 bits per heavy atom. The second kappa shape index (κ2) is 7.14. The zero-order chi connectivity index (χ0) is 10.2. The first-order chi connectivity index (χ1) is 6.86. The third kappa shape index (κ3) is 4.34. The third-order valence-corrected chi connectivity index (χ3v) is 2.37. The maximum Gasteiger partial charge on any atom is 0.144 e. The monoisotopic (exact) mass is 205 g/mol. The van der Waals surface area contributed by atoms with E-state index in [2.05, 4.69) is 4.90 Å². The molecule has 1 fully saturated rings. The number of hydrogen-bond acceptors (Lipinski definition) is 5. The minimum Gasteiger partial charge on any atom is -0.371 e. The highest BCUT2D eigenvalue weighted by molar-refractivity contribution is 4.70. The van der Waals surface area contributed by atoms with Gasteiger partial charge in [-0.05, 0) is 25.9 Å². The van der Waals surface area contributed by atoms with Gasteiger partial charge in [0.1, 0.15) is 13.6 Å². The van der Waals surface area contributed by atoms with Crippen LogP contribution in [0.4, 0.5) is 0 Å². The van der Waals surface area contributed by atoms with Gasteiger partial charge < -0.3 is 24.6 Å². The average molecular weight is 205 g/mol. The van der Waals surface area contributed by atoms with E-state index in [-0.39, 0.29) is 19.7 Å². The molecule has 1 heterocycles. The first kappa shape index (κ1) is 11.9. The molecule has 14 heavy (non-hydrogen) atoms. The van der Waals surface area contributed by atoms with Crippen LogP contribution in [0, 0.1) is 0 Å². The molecule has 1 rings (SSSR count). The fourth-order valence-corrected chi connectivity index (χ4v) is 1.70. The van der Waals surface area contributed by atoms with Crippen LogP contribution in [-0.4, -0.2) is 61.0 Å². The van der Waals surface area contributed by atoms with Gasteiger partial charge in [-0.15, -0.1) is 0 Å². The standard InChI is InChI=1S/C9H19NO4/c11-7-13-6-9(14-8-12)5-10-3-1-2-4-10/h9,11-12H,1-8H2. The molecule has 5 heteroatoms. The number of likely N-dealkylation sites (tertiary alicyclic amines) is 1. The first-order valence-corrected chi connectivity index (χ1v) is 5.00. The summed E-state index contributed by atoms with van der Waals surface area (Å²) < 4.78 is 9.94. The fourth-order valence-electron chi connectivity index (χ4n) is 1.70. The Balaban J connectivity index is 2.18. The van der Waals surface area contributed by atoms with Crippen molar-refractivity contribution in [2.45, 2.75) is 18.9 Å². The van der Waals surface area contributed by atoms with Gasteiger partial charge in [0.15, 0.2) is 0 Å². The highest BCUT2D eigenvalue weighted by Crippen LogP contribution is 2.09. The van der Waals surface area contributed by atoms with Crippen LogP contribution in [0.5, 0.6) is 0 Å². The van der Waals surface area contributed by atoms with Crippen molar-refractivity contribution in [2.24, 2.45) is 0 Å². The van der Waals surface area contributed by atoms with Gasteiger partial charge in [0.2, 0.25) is 0 Å². The molecule has 0 radical (unpaired) electrons. The number of nitrogens with zero attached hydrogens (tertiary/aromatic N) is 1. The largest absolute Gasteiger partial charge is 0.371 e. The molecule has 0 aromatic carbocycles. The first-order valence-electron chi connectivity index (χ1n) is 5.00. The Labute approximate surface area is 84.2 Å². The smallest absolute Gasteiger partial charge is 0.144 e. The summed E-state index contributed by atoms with van der Waals surface area (Å²) in [7, 11) is 0. The maximum atomic E-state index is 8.65. The van der Waals surface area contributed by atoms with Crippen molar-refractivity contribution < 1.29 is 19.7 Å². The molecule has 1 aliphatic heterocycles. The predicted octanol–water partition coefficient (Wildman–Crippen LogP) is -0.616. The minimum atomic E-state index is -0.300. The molecule has 0 saturated carbocycles. The summed E-state index contributed by atoms with van der Waals surface area (Å²) in [5.41, 5.74) is 0. The zero-order valence-corrected chi connectivity index (χ0v) is 8.39. The van der Waals surface area contributed by atoms with Gasteiger partial charge in [-0.1, -0.05) is 0 Å². The summed E-state index contributed by atoms with van der Waals surface area (Å²) >= 11 is 0. The SMILES string of the molecule is OCOCC(CN1CCCC1)OCO. The molecule has 0 aromatic heterocycles. The summed E-state index contributed by atoms with van der Waals surface area (Å²) in [6, 6.07) is 0. The van der Waals surface area contributed by atoms with Gasteiger partial charge in [0.25, 0.3) is 0 Å². The summed E-state index contributed by atoms with van der Waals surface area (Å²) in [5.74, 6) is 0. The lowest BCUT2D eigenvalue weighted by Crippen LogP contribution is -2.35. The summed E-state index contributed by atoms with van der Waals surface area (Å²) in [4.78, 5) is 2.28. The van der Waals surface area contributed by atoms with Crippen molar-refractivity contribution in [3.8, 4) is 0 Å². The van der Waals surface area contributed by atoms with Gasteiger partial charge in [-0.2, -0.15) is 0 Å². The topological polar surface area (TPSA) is 62.2 Å². The van der Waals surface area contributed by atoms with E-state index >= 15 is 0 Å². The Kier molecular flexibility index (Phi) is 6.05. The quantitative estimate of drug-likeness (QED) is 0.543. The van der Waals surface area contributed by atoms with Crippen molar-refractivity contribution in [3.63, 3.8) is 0 Å². The normalized spacial score (nSPS) is 20.1. The van der Waals surface area contributed by atoms with Crippen LogP contribution < -0.4 is 0 Å². The van der Waals surface area contributed by atoms with E-state index < -0.39 is 0 Å². The van der Waals surface area contributed by atoms with Crippen molar-refractivity contribution in [3.05, 3.63) is 0 Å². The highest BCUT2D eigenvalue weighted by Gasteiger charge is 2.17. The third-order valence-electron chi connectivity index (χ3n) is 2.37. The molecule has 0 aliphatic carbocycles. The number of ether oxygens (including phenoxy) is 2. The second-order valence-electron chi connectivity index (χ2n) is 3.43. The Hall–Kier alpha value is -0.200. The lowest BCUT2D eigenvalue weighted by molar-refractivity contribution is -0.109. The van der Waals surface area contributed by atoms with Gasteiger partial charge in [0, 0.05) is 6.54 Å². The van der Waals surface area contributed by atoms with E-state index in [4.69, 9.17) is 19.7 Å². The van der Waals surface area contributed by atoms with Crippen LogP contribution in [0.1, 0.15) is 12.8 Å². The maximum absolute atomic E-state index is 8.65. The van der Waals surface area contributed by atoms with E-state index in [1.165, 1.54) is 12.8 Å². The summed E-state index contributed by atoms with van der Waals surface area (Å²) in [5, 5.41) is 17.1. The molecular weight excluding hydrogens is 186 g/mol. The molecule has 0 spiro atoms. The Morgan fingerprint density at radius 1 is 1.14 bits per heavy atom. The molecule has 2 N–H and O–H groups in total. The molecule has 1 aliphatic rings. The van der Waals surface area contributed by atoms with Crippen LogP contribution in [0.3, 0.4) is 0 Å². The number of rotatable bonds is 7. The zero-order valence-electron chi connectivity index (χ0n) is 8.39. The molecule has 1 saturated heterocycles. The minimum absolute atomic E-state index is 0.148. The lowest BCUT2D eigenvalue weighted by atomic mass is 10.3. The van der Waals surface area contributed by atoms with Crippen molar-refractivity contribution >= 4 is 0 Å². The molecular formula is C9H19NO4. The molecule has 5 nitrogen and oxygen atoms in total. The Bertz CT molecular complexity index is 139. The van der Waals surface area contributed by atoms with Crippen LogP contribution in [0.25, 0.3) is 0 Å². The van der Waals surface area contributed by atoms with Gasteiger partial charge >= 0.3 is 0 Å². The molecule has 0 amide bonds. The van der Waals surface area contributed by atoms with Crippen LogP contribution in [0.15, 0.2) is 0 Å². The average Bonchev–Trinajstić information content (AvgIpc) is 2.67. The van der Waals surface area contributed by atoms with Crippen molar-refractivity contribution in [2.75, 3.05) is 39.8 Å². The van der Waals surface area contributed by atoms with E-state index in [1.807, 2.05) is 0 Å². The number of hydrogen-bond donors (Lipinski definition) is 2.